The zero-order valence-electron chi connectivity index (χ0n) is 7.91. The molecule has 1 aromatic heterocycles. The zero-order valence-corrected chi connectivity index (χ0v) is 8.66. The fourth-order valence-electron chi connectivity index (χ4n) is 1.29. The van der Waals surface area contributed by atoms with Crippen LogP contribution in [0.4, 0.5) is 4.39 Å². The smallest absolute Gasteiger partial charge is 0.209 e. The predicted molar refractivity (Wildman–Crippen MR) is 55.3 cm³/mol. The number of benzene rings is 1. The molecular formula is C10H8ClFN2O. The maximum Gasteiger partial charge on any atom is 0.209 e. The minimum atomic E-state index is -0.399. The van der Waals surface area contributed by atoms with E-state index in [4.69, 9.17) is 11.6 Å². The second kappa shape index (κ2) is 3.55. The number of hydrogen-bond acceptors (Lipinski definition) is 2. The van der Waals surface area contributed by atoms with E-state index in [9.17, 15) is 9.50 Å². The van der Waals surface area contributed by atoms with Crippen molar-refractivity contribution in [3.05, 3.63) is 35.1 Å². The molecule has 78 valence electrons. The number of halogens is 2. The lowest BCUT2D eigenvalue weighted by atomic mass is 10.1. The Morgan fingerprint density at radius 3 is 2.67 bits per heavy atom. The molecule has 2 rings (SSSR count). The second-order valence-electron chi connectivity index (χ2n) is 3.14. The minimum Gasteiger partial charge on any atom is -0.493 e. The predicted octanol–water partition coefficient (Wildman–Crippen LogP) is 2.59. The van der Waals surface area contributed by atoms with E-state index in [1.165, 1.54) is 28.9 Å². The standard InChI is InChI=1S/C10H8ClFN2O/c1-14-10(15)5-9(13-14)7-3-2-6(12)4-8(7)11/h2-5,15H,1H3. The summed E-state index contributed by atoms with van der Waals surface area (Å²) in [5.74, 6) is -0.366. The van der Waals surface area contributed by atoms with Crippen molar-refractivity contribution in [2.45, 2.75) is 0 Å². The van der Waals surface area contributed by atoms with Gasteiger partial charge in [0.2, 0.25) is 5.88 Å². The average Bonchev–Trinajstić information content (AvgIpc) is 2.46. The van der Waals surface area contributed by atoms with E-state index in [1.807, 2.05) is 0 Å². The van der Waals surface area contributed by atoms with Gasteiger partial charge in [0.05, 0.1) is 10.7 Å². The van der Waals surface area contributed by atoms with Gasteiger partial charge >= 0.3 is 0 Å². The van der Waals surface area contributed by atoms with Crippen molar-refractivity contribution in [1.29, 1.82) is 0 Å². The highest BCUT2D eigenvalue weighted by Gasteiger charge is 2.09. The van der Waals surface area contributed by atoms with E-state index < -0.39 is 5.82 Å². The van der Waals surface area contributed by atoms with Crippen LogP contribution >= 0.6 is 11.6 Å². The summed E-state index contributed by atoms with van der Waals surface area (Å²) < 4.78 is 14.1. The number of aryl methyl sites for hydroxylation is 1. The Balaban J connectivity index is 2.54. The molecule has 0 fully saturated rings. The molecule has 1 heterocycles. The highest BCUT2D eigenvalue weighted by molar-refractivity contribution is 6.33. The summed E-state index contributed by atoms with van der Waals surface area (Å²) in [5, 5.41) is 13.6. The van der Waals surface area contributed by atoms with Crippen molar-refractivity contribution in [2.24, 2.45) is 7.05 Å². The lowest BCUT2D eigenvalue weighted by molar-refractivity contribution is 0.419. The van der Waals surface area contributed by atoms with Crippen LogP contribution in [0.3, 0.4) is 0 Å². The van der Waals surface area contributed by atoms with Crippen molar-refractivity contribution < 1.29 is 9.50 Å². The summed E-state index contributed by atoms with van der Waals surface area (Å²) in [5.41, 5.74) is 1.11. The maximum atomic E-state index is 12.8. The largest absolute Gasteiger partial charge is 0.493 e. The molecule has 0 saturated heterocycles. The van der Waals surface area contributed by atoms with Crippen LogP contribution in [0.5, 0.6) is 5.88 Å². The van der Waals surface area contributed by atoms with Gasteiger partial charge in [-0.3, -0.25) is 0 Å². The number of aromatic nitrogens is 2. The molecule has 0 unspecified atom stereocenters. The highest BCUT2D eigenvalue weighted by Crippen LogP contribution is 2.29. The molecule has 1 aromatic carbocycles. The van der Waals surface area contributed by atoms with Crippen LogP contribution in [0.15, 0.2) is 24.3 Å². The first kappa shape index (κ1) is 9.98. The lowest BCUT2D eigenvalue weighted by Gasteiger charge is -1.99. The van der Waals surface area contributed by atoms with Gasteiger partial charge in [-0.05, 0) is 18.2 Å². The van der Waals surface area contributed by atoms with Gasteiger partial charge in [0.25, 0.3) is 0 Å². The monoisotopic (exact) mass is 226 g/mol. The van der Waals surface area contributed by atoms with Crippen LogP contribution in [-0.4, -0.2) is 14.9 Å². The fraction of sp³-hybridized carbons (Fsp3) is 0.100. The Morgan fingerprint density at radius 2 is 2.13 bits per heavy atom. The van der Waals surface area contributed by atoms with Crippen LogP contribution in [0.2, 0.25) is 5.02 Å². The van der Waals surface area contributed by atoms with Crippen molar-refractivity contribution in [3.8, 4) is 17.1 Å². The number of rotatable bonds is 1. The summed E-state index contributed by atoms with van der Waals surface area (Å²) in [4.78, 5) is 0. The van der Waals surface area contributed by atoms with Gasteiger partial charge in [0.1, 0.15) is 5.82 Å². The highest BCUT2D eigenvalue weighted by atomic mass is 35.5. The lowest BCUT2D eigenvalue weighted by Crippen LogP contribution is -1.89. The fourth-order valence-corrected chi connectivity index (χ4v) is 1.55. The van der Waals surface area contributed by atoms with Crippen LogP contribution < -0.4 is 0 Å². The van der Waals surface area contributed by atoms with Crippen LogP contribution in [0.1, 0.15) is 0 Å². The van der Waals surface area contributed by atoms with E-state index >= 15 is 0 Å². The number of aromatic hydroxyl groups is 1. The van der Waals surface area contributed by atoms with E-state index in [2.05, 4.69) is 5.10 Å². The third-order valence-electron chi connectivity index (χ3n) is 2.06. The van der Waals surface area contributed by atoms with E-state index in [0.29, 0.717) is 11.3 Å². The number of hydrogen-bond donors (Lipinski definition) is 1. The van der Waals surface area contributed by atoms with Gasteiger partial charge < -0.3 is 5.11 Å². The van der Waals surface area contributed by atoms with E-state index in [-0.39, 0.29) is 10.9 Å². The van der Waals surface area contributed by atoms with E-state index in [1.54, 1.807) is 7.05 Å². The molecule has 3 nitrogen and oxygen atoms in total. The maximum absolute atomic E-state index is 12.8. The molecule has 0 aliphatic carbocycles. The third kappa shape index (κ3) is 1.80. The Labute approximate surface area is 90.7 Å². The van der Waals surface area contributed by atoms with Crippen molar-refractivity contribution >= 4 is 11.6 Å². The van der Waals surface area contributed by atoms with Crippen molar-refractivity contribution in [1.82, 2.24) is 9.78 Å². The molecule has 0 atom stereocenters. The molecular weight excluding hydrogens is 219 g/mol. The quantitative estimate of drug-likeness (QED) is 0.812. The molecule has 15 heavy (non-hydrogen) atoms. The molecule has 0 saturated carbocycles. The Bertz CT molecular complexity index is 491. The van der Waals surface area contributed by atoms with Gasteiger partial charge in [0.15, 0.2) is 0 Å². The van der Waals surface area contributed by atoms with Gasteiger partial charge in [-0.2, -0.15) is 5.10 Å². The van der Waals surface area contributed by atoms with Gasteiger partial charge in [0, 0.05) is 18.7 Å². The molecule has 0 aliphatic heterocycles. The van der Waals surface area contributed by atoms with Gasteiger partial charge in [-0.1, -0.05) is 11.6 Å². The second-order valence-corrected chi connectivity index (χ2v) is 3.54. The van der Waals surface area contributed by atoms with Crippen LogP contribution in [0.25, 0.3) is 11.3 Å². The summed E-state index contributed by atoms with van der Waals surface area (Å²) in [6.07, 6.45) is 0. The van der Waals surface area contributed by atoms with Crippen molar-refractivity contribution in [2.75, 3.05) is 0 Å². The normalized spacial score (nSPS) is 10.6. The topological polar surface area (TPSA) is 38.0 Å². The molecule has 0 aliphatic rings. The van der Waals surface area contributed by atoms with Crippen LogP contribution in [-0.2, 0) is 7.05 Å². The molecule has 2 aromatic rings. The third-order valence-corrected chi connectivity index (χ3v) is 2.37. The van der Waals surface area contributed by atoms with Crippen LogP contribution in [0, 0.1) is 5.82 Å². The summed E-state index contributed by atoms with van der Waals surface area (Å²) in [6, 6.07) is 5.51. The van der Waals surface area contributed by atoms with Crippen molar-refractivity contribution in [3.63, 3.8) is 0 Å². The zero-order chi connectivity index (χ0) is 11.0. The molecule has 1 N–H and O–H groups in total. The SMILES string of the molecule is Cn1nc(-c2ccc(F)cc2Cl)cc1O. The first-order valence-electron chi connectivity index (χ1n) is 4.26. The van der Waals surface area contributed by atoms with Gasteiger partial charge in [-0.15, -0.1) is 0 Å². The summed E-state index contributed by atoms with van der Waals surface area (Å²) in [7, 11) is 1.61. The molecule has 0 bridgehead atoms. The molecule has 0 spiro atoms. The molecule has 5 heteroatoms. The first-order chi connectivity index (χ1) is 7.08. The first-order valence-corrected chi connectivity index (χ1v) is 4.64. The minimum absolute atomic E-state index is 0.0328. The average molecular weight is 227 g/mol. The molecule has 0 radical (unpaired) electrons. The Morgan fingerprint density at radius 1 is 1.40 bits per heavy atom. The van der Waals surface area contributed by atoms with Gasteiger partial charge in [-0.25, -0.2) is 9.07 Å². The summed E-state index contributed by atoms with van der Waals surface area (Å²) >= 11 is 5.85. The summed E-state index contributed by atoms with van der Waals surface area (Å²) in [6.45, 7) is 0. The number of nitrogens with zero attached hydrogens (tertiary/aromatic N) is 2. The Hall–Kier alpha value is -1.55. The molecule has 0 amide bonds. The van der Waals surface area contributed by atoms with E-state index in [0.717, 1.165) is 0 Å². The Kier molecular flexibility index (Phi) is 2.36.